The first kappa shape index (κ1) is 13.9. The Labute approximate surface area is 115 Å². The SMILES string of the molecule is CCCN(C(=O)C1(C)CCCC1)c1ccccc1N. The molecule has 3 heteroatoms. The minimum Gasteiger partial charge on any atom is -0.397 e. The molecule has 0 saturated heterocycles. The van der Waals surface area contributed by atoms with Crippen LogP contribution in [-0.4, -0.2) is 12.5 Å². The van der Waals surface area contributed by atoms with Crippen LogP contribution in [0.15, 0.2) is 24.3 Å². The van der Waals surface area contributed by atoms with E-state index < -0.39 is 0 Å². The summed E-state index contributed by atoms with van der Waals surface area (Å²) in [6.07, 6.45) is 5.26. The molecule has 1 amide bonds. The van der Waals surface area contributed by atoms with Gasteiger partial charge in [0.15, 0.2) is 0 Å². The Balaban J connectivity index is 2.30. The fourth-order valence-corrected chi connectivity index (χ4v) is 2.98. The van der Waals surface area contributed by atoms with Gasteiger partial charge in [0.1, 0.15) is 0 Å². The van der Waals surface area contributed by atoms with E-state index >= 15 is 0 Å². The molecule has 0 heterocycles. The van der Waals surface area contributed by atoms with Crippen LogP contribution in [0.5, 0.6) is 0 Å². The first-order valence-corrected chi connectivity index (χ1v) is 7.25. The molecule has 2 N–H and O–H groups in total. The van der Waals surface area contributed by atoms with Crippen molar-refractivity contribution in [3.8, 4) is 0 Å². The zero-order valence-electron chi connectivity index (χ0n) is 12.0. The van der Waals surface area contributed by atoms with Gasteiger partial charge in [0.25, 0.3) is 0 Å². The smallest absolute Gasteiger partial charge is 0.232 e. The van der Waals surface area contributed by atoms with Crippen LogP contribution in [0.4, 0.5) is 11.4 Å². The number of hydrogen-bond donors (Lipinski definition) is 1. The number of nitrogens with two attached hydrogens (primary N) is 1. The zero-order chi connectivity index (χ0) is 13.9. The average Bonchev–Trinajstić information content (AvgIpc) is 2.84. The fraction of sp³-hybridized carbons (Fsp3) is 0.562. The molecule has 0 bridgehead atoms. The highest BCUT2D eigenvalue weighted by Crippen LogP contribution is 2.40. The molecule has 1 fully saturated rings. The Bertz CT molecular complexity index is 450. The zero-order valence-corrected chi connectivity index (χ0v) is 12.0. The number of nitrogen functional groups attached to an aromatic ring is 1. The van der Waals surface area contributed by atoms with Crippen molar-refractivity contribution in [3.63, 3.8) is 0 Å². The van der Waals surface area contributed by atoms with Crippen LogP contribution in [-0.2, 0) is 4.79 Å². The molecular formula is C16H24N2O. The molecule has 1 aliphatic carbocycles. The van der Waals surface area contributed by atoms with Crippen molar-refractivity contribution in [2.45, 2.75) is 46.0 Å². The van der Waals surface area contributed by atoms with Gasteiger partial charge < -0.3 is 10.6 Å². The highest BCUT2D eigenvalue weighted by Gasteiger charge is 2.39. The maximum Gasteiger partial charge on any atom is 0.232 e. The number of para-hydroxylation sites is 2. The van der Waals surface area contributed by atoms with E-state index in [9.17, 15) is 4.79 Å². The third kappa shape index (κ3) is 2.75. The van der Waals surface area contributed by atoms with Gasteiger partial charge in [-0.05, 0) is 31.4 Å². The average molecular weight is 260 g/mol. The highest BCUT2D eigenvalue weighted by atomic mass is 16.2. The molecule has 104 valence electrons. The van der Waals surface area contributed by atoms with Gasteiger partial charge in [0.2, 0.25) is 5.91 Å². The third-order valence-electron chi connectivity index (χ3n) is 4.14. The third-order valence-corrected chi connectivity index (χ3v) is 4.14. The van der Waals surface area contributed by atoms with E-state index in [4.69, 9.17) is 5.73 Å². The number of hydrogen-bond acceptors (Lipinski definition) is 2. The van der Waals surface area contributed by atoms with Crippen LogP contribution < -0.4 is 10.6 Å². The number of carbonyl (C=O) groups excluding carboxylic acids is 1. The summed E-state index contributed by atoms with van der Waals surface area (Å²) in [4.78, 5) is 14.8. The number of anilines is 2. The summed E-state index contributed by atoms with van der Waals surface area (Å²) in [5.74, 6) is 0.241. The summed E-state index contributed by atoms with van der Waals surface area (Å²) in [6.45, 7) is 4.93. The summed E-state index contributed by atoms with van der Waals surface area (Å²) in [5, 5.41) is 0. The highest BCUT2D eigenvalue weighted by molar-refractivity contribution is 5.99. The van der Waals surface area contributed by atoms with Crippen LogP contribution in [0.2, 0.25) is 0 Å². The minimum atomic E-state index is -0.197. The Kier molecular flexibility index (Phi) is 4.13. The molecule has 0 atom stereocenters. The maximum atomic E-state index is 12.9. The summed E-state index contributed by atoms with van der Waals surface area (Å²) in [5.41, 5.74) is 7.39. The van der Waals surface area contributed by atoms with Gasteiger partial charge in [-0.2, -0.15) is 0 Å². The van der Waals surface area contributed by atoms with E-state index in [1.165, 1.54) is 0 Å². The summed E-state index contributed by atoms with van der Waals surface area (Å²) in [6, 6.07) is 7.66. The van der Waals surface area contributed by atoms with Crippen molar-refractivity contribution in [1.82, 2.24) is 0 Å². The first-order chi connectivity index (χ1) is 9.08. The molecule has 2 rings (SSSR count). The van der Waals surface area contributed by atoms with Crippen molar-refractivity contribution in [3.05, 3.63) is 24.3 Å². The van der Waals surface area contributed by atoms with Gasteiger partial charge in [-0.1, -0.05) is 38.8 Å². The molecule has 0 aliphatic heterocycles. The number of carbonyl (C=O) groups is 1. The Morgan fingerprint density at radius 1 is 1.32 bits per heavy atom. The molecule has 0 aromatic heterocycles. The summed E-state index contributed by atoms with van der Waals surface area (Å²) < 4.78 is 0. The van der Waals surface area contributed by atoms with E-state index in [1.54, 1.807) is 0 Å². The maximum absolute atomic E-state index is 12.9. The number of amides is 1. The topological polar surface area (TPSA) is 46.3 Å². The van der Waals surface area contributed by atoms with Gasteiger partial charge >= 0.3 is 0 Å². The molecule has 19 heavy (non-hydrogen) atoms. The molecular weight excluding hydrogens is 236 g/mol. The van der Waals surface area contributed by atoms with Crippen molar-refractivity contribution in [1.29, 1.82) is 0 Å². The van der Waals surface area contributed by atoms with Crippen molar-refractivity contribution >= 4 is 17.3 Å². The van der Waals surface area contributed by atoms with Crippen LogP contribution in [0.25, 0.3) is 0 Å². The fourth-order valence-electron chi connectivity index (χ4n) is 2.98. The molecule has 1 aromatic rings. The van der Waals surface area contributed by atoms with Gasteiger partial charge in [0.05, 0.1) is 11.4 Å². The van der Waals surface area contributed by atoms with E-state index in [2.05, 4.69) is 13.8 Å². The van der Waals surface area contributed by atoms with Crippen molar-refractivity contribution < 1.29 is 4.79 Å². The van der Waals surface area contributed by atoms with Gasteiger partial charge in [0, 0.05) is 12.0 Å². The lowest BCUT2D eigenvalue weighted by atomic mass is 9.87. The predicted molar refractivity (Wildman–Crippen MR) is 80.1 cm³/mol. The number of benzene rings is 1. The summed E-state index contributed by atoms with van der Waals surface area (Å²) >= 11 is 0. The predicted octanol–water partition coefficient (Wildman–Crippen LogP) is 3.59. The van der Waals surface area contributed by atoms with Crippen LogP contribution in [0.1, 0.15) is 46.0 Å². The van der Waals surface area contributed by atoms with Crippen LogP contribution in [0, 0.1) is 5.41 Å². The van der Waals surface area contributed by atoms with Crippen LogP contribution >= 0.6 is 0 Å². The molecule has 3 nitrogen and oxygen atoms in total. The van der Waals surface area contributed by atoms with Crippen molar-refractivity contribution in [2.75, 3.05) is 17.2 Å². The lowest BCUT2D eigenvalue weighted by Gasteiger charge is -2.32. The minimum absolute atomic E-state index is 0.197. The normalized spacial score (nSPS) is 17.4. The standard InChI is InChI=1S/C16H24N2O/c1-3-12-18(14-9-5-4-8-13(14)17)15(19)16(2)10-6-7-11-16/h4-5,8-9H,3,6-7,10-12,17H2,1-2H3. The van der Waals surface area contributed by atoms with E-state index in [0.29, 0.717) is 5.69 Å². The van der Waals surface area contributed by atoms with Gasteiger partial charge in [-0.25, -0.2) is 0 Å². The molecule has 1 aromatic carbocycles. The Morgan fingerprint density at radius 2 is 1.95 bits per heavy atom. The lowest BCUT2D eigenvalue weighted by Crippen LogP contribution is -2.42. The molecule has 1 saturated carbocycles. The Morgan fingerprint density at radius 3 is 2.53 bits per heavy atom. The monoisotopic (exact) mass is 260 g/mol. The molecule has 0 spiro atoms. The number of nitrogens with zero attached hydrogens (tertiary/aromatic N) is 1. The van der Waals surface area contributed by atoms with E-state index in [1.807, 2.05) is 29.2 Å². The van der Waals surface area contributed by atoms with Gasteiger partial charge in [-0.15, -0.1) is 0 Å². The van der Waals surface area contributed by atoms with Crippen molar-refractivity contribution in [2.24, 2.45) is 5.41 Å². The van der Waals surface area contributed by atoms with Crippen LogP contribution in [0.3, 0.4) is 0 Å². The molecule has 1 aliphatic rings. The largest absolute Gasteiger partial charge is 0.397 e. The molecule has 0 unspecified atom stereocenters. The summed E-state index contributed by atoms with van der Waals surface area (Å²) in [7, 11) is 0. The number of rotatable bonds is 4. The second kappa shape index (κ2) is 5.64. The van der Waals surface area contributed by atoms with E-state index in [0.717, 1.165) is 44.3 Å². The quantitative estimate of drug-likeness (QED) is 0.841. The Hall–Kier alpha value is -1.51. The lowest BCUT2D eigenvalue weighted by molar-refractivity contribution is -0.127. The molecule has 0 radical (unpaired) electrons. The second-order valence-electron chi connectivity index (χ2n) is 5.78. The second-order valence-corrected chi connectivity index (χ2v) is 5.78. The van der Waals surface area contributed by atoms with E-state index in [-0.39, 0.29) is 11.3 Å². The first-order valence-electron chi connectivity index (χ1n) is 7.25. The van der Waals surface area contributed by atoms with Gasteiger partial charge in [-0.3, -0.25) is 4.79 Å².